The molecule has 0 saturated carbocycles. The molecule has 25 heavy (non-hydrogen) atoms. The summed E-state index contributed by atoms with van der Waals surface area (Å²) in [6.45, 7) is 3.78. The molecular weight excluding hydrogens is 342 g/mol. The second-order valence-electron chi connectivity index (χ2n) is 5.98. The summed E-state index contributed by atoms with van der Waals surface area (Å²) in [6.07, 6.45) is 1.33. The van der Waals surface area contributed by atoms with Gasteiger partial charge in [0.1, 0.15) is 0 Å². The molecule has 0 aliphatic rings. The molecule has 1 aromatic carbocycles. The van der Waals surface area contributed by atoms with Gasteiger partial charge in [0, 0.05) is 26.2 Å². The summed E-state index contributed by atoms with van der Waals surface area (Å²) in [6, 6.07) is 6.08. The molecule has 0 aliphatic carbocycles. The topological polar surface area (TPSA) is 95.6 Å². The Bertz CT molecular complexity index is 686. The van der Waals surface area contributed by atoms with Gasteiger partial charge < -0.3 is 10.2 Å². The highest BCUT2D eigenvalue weighted by Gasteiger charge is 2.22. The number of unbranched alkanes of at least 4 members (excludes halogenated alkanes) is 1. The lowest BCUT2D eigenvalue weighted by atomic mass is 10.1. The van der Waals surface area contributed by atoms with Gasteiger partial charge in [-0.15, -0.1) is 0 Å². The fraction of sp³-hybridized carbons (Fsp3) is 0.529. The third-order valence-electron chi connectivity index (χ3n) is 3.73. The van der Waals surface area contributed by atoms with Crippen LogP contribution in [0.1, 0.15) is 42.6 Å². The summed E-state index contributed by atoms with van der Waals surface area (Å²) in [4.78, 5) is 25.3. The molecule has 0 fully saturated rings. The lowest BCUT2D eigenvalue weighted by Crippen LogP contribution is -2.45. The molecule has 0 aromatic heterocycles. The van der Waals surface area contributed by atoms with Crippen LogP contribution in [0, 0.1) is 0 Å². The van der Waals surface area contributed by atoms with Crippen LogP contribution < -0.4 is 10.0 Å². The number of nitrogens with one attached hydrogen (secondary N) is 2. The molecule has 1 aromatic rings. The average Bonchev–Trinajstić information content (AvgIpc) is 2.58. The van der Waals surface area contributed by atoms with E-state index in [4.69, 9.17) is 0 Å². The first kappa shape index (κ1) is 21.1. The standard InChI is InChI=1S/C17H27N3O4S/c1-5-6-11-25(23,24)19-13(2)17(22)20(4)12-14-7-9-15(10-8-14)16(21)18-3/h7-10,13,19H,5-6,11-12H2,1-4H3,(H,18,21)/t13-/m0/s1. The van der Waals surface area contributed by atoms with Crippen LogP contribution in [0.2, 0.25) is 0 Å². The first-order valence-electron chi connectivity index (χ1n) is 8.26. The molecular formula is C17H27N3O4S. The smallest absolute Gasteiger partial charge is 0.251 e. The van der Waals surface area contributed by atoms with Crippen molar-refractivity contribution in [3.63, 3.8) is 0 Å². The highest BCUT2D eigenvalue weighted by atomic mass is 32.2. The summed E-state index contributed by atoms with van der Waals surface area (Å²) >= 11 is 0. The van der Waals surface area contributed by atoms with E-state index in [1.165, 1.54) is 11.8 Å². The number of carbonyl (C=O) groups is 2. The van der Waals surface area contributed by atoms with Gasteiger partial charge in [-0.1, -0.05) is 25.5 Å². The summed E-state index contributed by atoms with van der Waals surface area (Å²) < 4.78 is 26.2. The number of hydrogen-bond acceptors (Lipinski definition) is 4. The maximum atomic E-state index is 12.4. The maximum Gasteiger partial charge on any atom is 0.251 e. The third-order valence-corrected chi connectivity index (χ3v) is 5.27. The van der Waals surface area contributed by atoms with Crippen molar-refractivity contribution in [3.05, 3.63) is 35.4 Å². The van der Waals surface area contributed by atoms with Crippen molar-refractivity contribution in [1.29, 1.82) is 0 Å². The summed E-state index contributed by atoms with van der Waals surface area (Å²) in [5.74, 6) is -0.465. The zero-order chi connectivity index (χ0) is 19.0. The Morgan fingerprint density at radius 1 is 1.20 bits per heavy atom. The van der Waals surface area contributed by atoms with Gasteiger partial charge in [0.15, 0.2) is 0 Å². The summed E-state index contributed by atoms with van der Waals surface area (Å²) in [5, 5.41) is 2.54. The van der Waals surface area contributed by atoms with Crippen LogP contribution in [0.5, 0.6) is 0 Å². The molecule has 0 radical (unpaired) electrons. The monoisotopic (exact) mass is 369 g/mol. The van der Waals surface area contributed by atoms with Gasteiger partial charge in [-0.2, -0.15) is 0 Å². The largest absolute Gasteiger partial charge is 0.355 e. The molecule has 0 aliphatic heterocycles. The van der Waals surface area contributed by atoms with Crippen LogP contribution in [0.25, 0.3) is 0 Å². The maximum absolute atomic E-state index is 12.4. The number of likely N-dealkylation sites (N-methyl/N-ethyl adjacent to an activating group) is 1. The van der Waals surface area contributed by atoms with Crippen LogP contribution in [-0.2, 0) is 21.4 Å². The summed E-state index contributed by atoms with van der Waals surface area (Å²) in [7, 11) is -0.276. The molecule has 0 bridgehead atoms. The van der Waals surface area contributed by atoms with Gasteiger partial charge in [-0.25, -0.2) is 13.1 Å². The minimum Gasteiger partial charge on any atom is -0.355 e. The van der Waals surface area contributed by atoms with Crippen molar-refractivity contribution < 1.29 is 18.0 Å². The number of carbonyl (C=O) groups excluding carboxylic acids is 2. The van der Waals surface area contributed by atoms with Gasteiger partial charge in [-0.05, 0) is 31.0 Å². The van der Waals surface area contributed by atoms with E-state index in [0.29, 0.717) is 18.5 Å². The third kappa shape index (κ3) is 6.83. The zero-order valence-corrected chi connectivity index (χ0v) is 16.0. The van der Waals surface area contributed by atoms with Gasteiger partial charge in [0.05, 0.1) is 11.8 Å². The van der Waals surface area contributed by atoms with E-state index in [1.807, 2.05) is 6.92 Å². The minimum absolute atomic E-state index is 0.0196. The number of nitrogens with zero attached hydrogens (tertiary/aromatic N) is 1. The second kappa shape index (κ2) is 9.53. The number of sulfonamides is 1. The highest BCUT2D eigenvalue weighted by molar-refractivity contribution is 7.89. The zero-order valence-electron chi connectivity index (χ0n) is 15.2. The minimum atomic E-state index is -3.45. The Hall–Kier alpha value is -1.93. The Morgan fingerprint density at radius 3 is 2.32 bits per heavy atom. The van der Waals surface area contributed by atoms with E-state index >= 15 is 0 Å². The Labute approximate surface area is 149 Å². The molecule has 7 nitrogen and oxygen atoms in total. The molecule has 1 rings (SSSR count). The van der Waals surface area contributed by atoms with E-state index in [2.05, 4.69) is 10.0 Å². The molecule has 0 spiro atoms. The normalized spacial score (nSPS) is 12.5. The van der Waals surface area contributed by atoms with Crippen LogP contribution in [0.15, 0.2) is 24.3 Å². The van der Waals surface area contributed by atoms with Gasteiger partial charge in [-0.3, -0.25) is 9.59 Å². The highest BCUT2D eigenvalue weighted by Crippen LogP contribution is 2.08. The van der Waals surface area contributed by atoms with E-state index in [9.17, 15) is 18.0 Å². The number of rotatable bonds is 9. The fourth-order valence-corrected chi connectivity index (χ4v) is 3.73. The predicted molar refractivity (Wildman–Crippen MR) is 97.6 cm³/mol. The van der Waals surface area contributed by atoms with Crippen molar-refractivity contribution >= 4 is 21.8 Å². The molecule has 8 heteroatoms. The van der Waals surface area contributed by atoms with Gasteiger partial charge in [0.25, 0.3) is 5.91 Å². The van der Waals surface area contributed by atoms with Crippen molar-refractivity contribution in [2.75, 3.05) is 19.8 Å². The lowest BCUT2D eigenvalue weighted by molar-refractivity contribution is -0.131. The SMILES string of the molecule is CCCCS(=O)(=O)N[C@@H](C)C(=O)N(C)Cc1ccc(C(=O)NC)cc1. The molecule has 1 atom stereocenters. The van der Waals surface area contributed by atoms with Crippen LogP contribution in [0.3, 0.4) is 0 Å². The van der Waals surface area contributed by atoms with Crippen LogP contribution in [-0.4, -0.2) is 51.0 Å². The Balaban J connectivity index is 2.65. The fourth-order valence-electron chi connectivity index (χ4n) is 2.30. The number of amides is 2. The van der Waals surface area contributed by atoms with E-state index in [1.54, 1.807) is 38.4 Å². The predicted octanol–water partition coefficient (Wildman–Crippen LogP) is 1.11. The Morgan fingerprint density at radius 2 is 1.80 bits per heavy atom. The molecule has 2 N–H and O–H groups in total. The molecule has 0 unspecified atom stereocenters. The van der Waals surface area contributed by atoms with E-state index < -0.39 is 16.1 Å². The average molecular weight is 369 g/mol. The van der Waals surface area contributed by atoms with Gasteiger partial charge in [0.2, 0.25) is 15.9 Å². The van der Waals surface area contributed by atoms with Crippen molar-refractivity contribution in [2.24, 2.45) is 0 Å². The quantitative estimate of drug-likeness (QED) is 0.682. The first-order chi connectivity index (χ1) is 11.7. The van der Waals surface area contributed by atoms with Gasteiger partial charge >= 0.3 is 0 Å². The number of benzene rings is 1. The van der Waals surface area contributed by atoms with E-state index in [0.717, 1.165) is 12.0 Å². The second-order valence-corrected chi connectivity index (χ2v) is 7.86. The Kier molecular flexibility index (Phi) is 8.05. The summed E-state index contributed by atoms with van der Waals surface area (Å²) in [5.41, 5.74) is 1.39. The van der Waals surface area contributed by atoms with Crippen LogP contribution >= 0.6 is 0 Å². The molecule has 0 saturated heterocycles. The molecule has 2 amide bonds. The molecule has 140 valence electrons. The van der Waals surface area contributed by atoms with Crippen molar-refractivity contribution in [2.45, 2.75) is 39.3 Å². The van der Waals surface area contributed by atoms with E-state index in [-0.39, 0.29) is 17.6 Å². The van der Waals surface area contributed by atoms with Crippen LogP contribution in [0.4, 0.5) is 0 Å². The first-order valence-corrected chi connectivity index (χ1v) is 9.91. The molecule has 0 heterocycles. The number of hydrogen-bond donors (Lipinski definition) is 2. The lowest BCUT2D eigenvalue weighted by Gasteiger charge is -2.22. The van der Waals surface area contributed by atoms with Crippen molar-refractivity contribution in [3.8, 4) is 0 Å². The van der Waals surface area contributed by atoms with Crippen molar-refractivity contribution in [1.82, 2.24) is 14.9 Å².